The van der Waals surface area contributed by atoms with E-state index >= 15 is 0 Å². The summed E-state index contributed by atoms with van der Waals surface area (Å²) in [5, 5.41) is 12.3. The molecule has 1 amide bonds. The van der Waals surface area contributed by atoms with Crippen molar-refractivity contribution in [2.24, 2.45) is 0 Å². The van der Waals surface area contributed by atoms with Crippen LogP contribution in [0.15, 0.2) is 90.1 Å². The molecule has 180 valence electrons. The molecule has 35 heavy (non-hydrogen) atoms. The second-order valence-corrected chi connectivity index (χ2v) is 8.88. The Labute approximate surface area is 209 Å². The van der Waals surface area contributed by atoms with Crippen LogP contribution in [0.2, 0.25) is 0 Å². The number of ether oxygens (including phenoxy) is 2. The first kappa shape index (κ1) is 24.3. The number of carbonyl (C=O) groups excluding carboxylic acids is 1. The van der Waals surface area contributed by atoms with Crippen molar-refractivity contribution in [1.29, 1.82) is 0 Å². The lowest BCUT2D eigenvalue weighted by Crippen LogP contribution is -2.29. The normalized spacial score (nSPS) is 11.6. The maximum absolute atomic E-state index is 12.5. The lowest BCUT2D eigenvalue weighted by atomic mass is 10.0. The highest BCUT2D eigenvalue weighted by molar-refractivity contribution is 7.99. The summed E-state index contributed by atoms with van der Waals surface area (Å²) in [5.41, 5.74) is 2.11. The molecule has 0 aliphatic heterocycles. The molecule has 0 spiro atoms. The maximum atomic E-state index is 12.5. The fraction of sp³-hybridized carbons (Fsp3) is 0.222. The van der Waals surface area contributed by atoms with E-state index in [2.05, 4.69) is 34.6 Å². The van der Waals surface area contributed by atoms with Gasteiger partial charge in [0.15, 0.2) is 11.0 Å². The summed E-state index contributed by atoms with van der Waals surface area (Å²) in [6, 6.07) is 27.4. The minimum Gasteiger partial charge on any atom is -0.497 e. The molecule has 7 nitrogen and oxygen atoms in total. The fourth-order valence-electron chi connectivity index (χ4n) is 3.49. The summed E-state index contributed by atoms with van der Waals surface area (Å²) in [7, 11) is 1.63. The molecule has 3 aromatic carbocycles. The zero-order valence-electron chi connectivity index (χ0n) is 19.8. The number of nitrogens with one attached hydrogen (secondary N) is 1. The van der Waals surface area contributed by atoms with Crippen LogP contribution in [0.1, 0.15) is 24.2 Å². The van der Waals surface area contributed by atoms with Crippen molar-refractivity contribution >= 4 is 17.7 Å². The summed E-state index contributed by atoms with van der Waals surface area (Å²) in [6.45, 7) is 2.91. The topological polar surface area (TPSA) is 78.3 Å². The van der Waals surface area contributed by atoms with Crippen LogP contribution < -0.4 is 14.8 Å². The van der Waals surface area contributed by atoms with E-state index in [4.69, 9.17) is 9.47 Å². The van der Waals surface area contributed by atoms with E-state index < -0.39 is 0 Å². The maximum Gasteiger partial charge on any atom is 0.230 e. The number of hydrogen-bond acceptors (Lipinski definition) is 6. The minimum atomic E-state index is -0.0450. The molecular formula is C27H28N4O3S. The quantitative estimate of drug-likeness (QED) is 0.304. The van der Waals surface area contributed by atoms with Gasteiger partial charge in [0.25, 0.3) is 0 Å². The summed E-state index contributed by atoms with van der Waals surface area (Å²) in [4.78, 5) is 12.5. The smallest absolute Gasteiger partial charge is 0.230 e. The van der Waals surface area contributed by atoms with E-state index in [1.807, 2.05) is 77.4 Å². The summed E-state index contributed by atoms with van der Waals surface area (Å²) in [6.07, 6.45) is 0. The van der Waals surface area contributed by atoms with Gasteiger partial charge in [-0.25, -0.2) is 0 Å². The third-order valence-corrected chi connectivity index (χ3v) is 6.38. The van der Waals surface area contributed by atoms with Gasteiger partial charge in [-0.2, -0.15) is 0 Å². The van der Waals surface area contributed by atoms with Crippen LogP contribution in [-0.2, 0) is 11.4 Å². The van der Waals surface area contributed by atoms with Crippen LogP contribution in [0.3, 0.4) is 0 Å². The Hall–Kier alpha value is -3.78. The zero-order chi connectivity index (χ0) is 24.5. The van der Waals surface area contributed by atoms with Gasteiger partial charge in [0.2, 0.25) is 5.91 Å². The first-order chi connectivity index (χ1) is 17.1. The van der Waals surface area contributed by atoms with Crippen molar-refractivity contribution in [3.05, 3.63) is 96.3 Å². The van der Waals surface area contributed by atoms with Gasteiger partial charge in [-0.15, -0.1) is 10.2 Å². The van der Waals surface area contributed by atoms with Crippen LogP contribution in [0.5, 0.6) is 11.5 Å². The molecule has 0 saturated carbocycles. The molecule has 0 radical (unpaired) electrons. The molecule has 1 unspecified atom stereocenters. The number of carbonyl (C=O) groups is 1. The summed E-state index contributed by atoms with van der Waals surface area (Å²) >= 11 is 1.35. The number of para-hydroxylation sites is 1. The molecule has 4 rings (SSSR count). The number of nitrogens with zero attached hydrogens (tertiary/aromatic N) is 3. The number of benzene rings is 3. The monoisotopic (exact) mass is 488 g/mol. The molecule has 0 bridgehead atoms. The van der Waals surface area contributed by atoms with Crippen LogP contribution in [-0.4, -0.2) is 40.1 Å². The lowest BCUT2D eigenvalue weighted by molar-refractivity contribution is -0.118. The van der Waals surface area contributed by atoms with Gasteiger partial charge in [0.1, 0.15) is 18.1 Å². The molecule has 8 heteroatoms. The first-order valence-corrected chi connectivity index (χ1v) is 12.3. The van der Waals surface area contributed by atoms with E-state index in [0.29, 0.717) is 23.3 Å². The van der Waals surface area contributed by atoms with Gasteiger partial charge in [0.05, 0.1) is 12.9 Å². The predicted octanol–water partition coefficient (Wildman–Crippen LogP) is 4.87. The van der Waals surface area contributed by atoms with Crippen molar-refractivity contribution in [1.82, 2.24) is 20.1 Å². The van der Waals surface area contributed by atoms with Gasteiger partial charge < -0.3 is 14.8 Å². The molecule has 1 atom stereocenters. The highest BCUT2D eigenvalue weighted by Crippen LogP contribution is 2.24. The average Bonchev–Trinajstić information content (AvgIpc) is 3.33. The number of methoxy groups -OCH3 is 1. The molecular weight excluding hydrogens is 460 g/mol. The van der Waals surface area contributed by atoms with Crippen molar-refractivity contribution in [2.45, 2.75) is 24.6 Å². The lowest BCUT2D eigenvalue weighted by Gasteiger charge is -2.13. The first-order valence-electron chi connectivity index (χ1n) is 11.3. The van der Waals surface area contributed by atoms with Crippen molar-refractivity contribution < 1.29 is 14.3 Å². The molecule has 0 aliphatic carbocycles. The van der Waals surface area contributed by atoms with Crippen molar-refractivity contribution in [3.63, 3.8) is 0 Å². The Morgan fingerprint density at radius 2 is 1.60 bits per heavy atom. The second kappa shape index (κ2) is 12.1. The van der Waals surface area contributed by atoms with Crippen molar-refractivity contribution in [3.8, 4) is 17.2 Å². The fourth-order valence-corrected chi connectivity index (χ4v) is 4.29. The Bertz CT molecular complexity index is 1210. The Balaban J connectivity index is 1.40. The molecule has 1 aromatic heterocycles. The van der Waals surface area contributed by atoms with Gasteiger partial charge in [-0.3, -0.25) is 9.36 Å². The van der Waals surface area contributed by atoms with E-state index in [1.165, 1.54) is 17.3 Å². The largest absolute Gasteiger partial charge is 0.497 e. The van der Waals surface area contributed by atoms with E-state index in [-0.39, 0.29) is 24.2 Å². The van der Waals surface area contributed by atoms with Crippen LogP contribution in [0.4, 0.5) is 0 Å². The Morgan fingerprint density at radius 3 is 2.29 bits per heavy atom. The number of amides is 1. The van der Waals surface area contributed by atoms with Crippen molar-refractivity contribution in [2.75, 3.05) is 19.4 Å². The summed E-state index contributed by atoms with van der Waals surface area (Å²) < 4.78 is 13.1. The SMILES string of the molecule is COc1ccc(OCc2nnc(SCC(=O)NCC(C)c3ccccc3)n2-c2ccccc2)cc1. The van der Waals surface area contributed by atoms with Crippen LogP contribution in [0.25, 0.3) is 5.69 Å². The number of rotatable bonds is 11. The average molecular weight is 489 g/mol. The van der Waals surface area contributed by atoms with E-state index in [9.17, 15) is 4.79 Å². The Morgan fingerprint density at radius 1 is 0.943 bits per heavy atom. The van der Waals surface area contributed by atoms with Crippen LogP contribution in [0, 0.1) is 0 Å². The predicted molar refractivity (Wildman–Crippen MR) is 137 cm³/mol. The summed E-state index contributed by atoms with van der Waals surface area (Å²) in [5.74, 6) is 2.55. The highest BCUT2D eigenvalue weighted by atomic mass is 32.2. The van der Waals surface area contributed by atoms with Gasteiger partial charge in [0, 0.05) is 12.2 Å². The molecule has 1 heterocycles. The molecule has 0 saturated heterocycles. The van der Waals surface area contributed by atoms with E-state index in [0.717, 1.165) is 11.4 Å². The third kappa shape index (κ3) is 6.64. The molecule has 0 aliphatic rings. The number of hydrogen-bond donors (Lipinski definition) is 1. The molecule has 0 fully saturated rings. The number of thioether (sulfide) groups is 1. The van der Waals surface area contributed by atoms with E-state index in [1.54, 1.807) is 7.11 Å². The van der Waals surface area contributed by atoms with Gasteiger partial charge in [-0.1, -0.05) is 67.2 Å². The number of aromatic nitrogens is 3. The second-order valence-electron chi connectivity index (χ2n) is 7.94. The van der Waals surface area contributed by atoms with Gasteiger partial charge in [-0.05, 0) is 47.9 Å². The van der Waals surface area contributed by atoms with Crippen LogP contribution >= 0.6 is 11.8 Å². The minimum absolute atomic E-state index is 0.0450. The standard InChI is InChI=1S/C27H28N4O3S/c1-20(21-9-5-3-6-10-21)17-28-26(32)19-35-27-30-29-25(31(27)22-11-7-4-8-12-22)18-34-24-15-13-23(33-2)14-16-24/h3-16,20H,17-19H2,1-2H3,(H,28,32). The highest BCUT2D eigenvalue weighted by Gasteiger charge is 2.17. The zero-order valence-corrected chi connectivity index (χ0v) is 20.6. The molecule has 4 aromatic rings. The third-order valence-electron chi connectivity index (χ3n) is 5.45. The molecule has 1 N–H and O–H groups in total. The Kier molecular flexibility index (Phi) is 8.40. The van der Waals surface area contributed by atoms with Gasteiger partial charge >= 0.3 is 0 Å².